The SMILES string of the molecule is Cc1cc(-c2nc3cccnc3s2)ccc1NC(=O)C(=O)c1c(C)[nH]c2ccccc12. The van der Waals surface area contributed by atoms with E-state index < -0.39 is 11.7 Å². The number of H-pyrrole nitrogens is 1. The first-order valence-corrected chi connectivity index (χ1v) is 10.6. The molecule has 0 aliphatic heterocycles. The van der Waals surface area contributed by atoms with Crippen molar-refractivity contribution in [1.82, 2.24) is 15.0 Å². The molecule has 0 aliphatic carbocycles. The summed E-state index contributed by atoms with van der Waals surface area (Å²) < 4.78 is 0. The first-order chi connectivity index (χ1) is 15.0. The smallest absolute Gasteiger partial charge is 0.296 e. The topological polar surface area (TPSA) is 87.7 Å². The molecule has 0 fully saturated rings. The molecule has 0 saturated carbocycles. The van der Waals surface area contributed by atoms with E-state index in [-0.39, 0.29) is 0 Å². The molecular weight excluding hydrogens is 408 g/mol. The van der Waals surface area contributed by atoms with Crippen LogP contribution in [0.4, 0.5) is 5.69 Å². The van der Waals surface area contributed by atoms with Crippen LogP contribution in [0.5, 0.6) is 0 Å². The average Bonchev–Trinajstić information content (AvgIpc) is 3.34. The number of carbonyl (C=O) groups excluding carboxylic acids is 2. The predicted octanol–water partition coefficient (Wildman–Crippen LogP) is 5.28. The summed E-state index contributed by atoms with van der Waals surface area (Å²) in [6.45, 7) is 3.69. The molecule has 0 atom stereocenters. The maximum Gasteiger partial charge on any atom is 0.296 e. The minimum absolute atomic E-state index is 0.407. The highest BCUT2D eigenvalue weighted by molar-refractivity contribution is 7.21. The predicted molar refractivity (Wildman–Crippen MR) is 124 cm³/mol. The standard InChI is InChI=1S/C24H18N4O2S/c1-13-12-15(23-28-19-8-5-11-25-24(19)31-23)9-10-17(13)27-22(30)21(29)20-14(2)26-18-7-4-3-6-16(18)20/h3-12,26H,1-2H3,(H,27,30). The van der Waals surface area contributed by atoms with Gasteiger partial charge in [-0.1, -0.05) is 29.5 Å². The number of aryl methyl sites for hydroxylation is 2. The van der Waals surface area contributed by atoms with Crippen LogP contribution in [0.25, 0.3) is 31.8 Å². The zero-order valence-electron chi connectivity index (χ0n) is 16.9. The molecule has 3 aromatic heterocycles. The largest absolute Gasteiger partial charge is 0.358 e. The minimum Gasteiger partial charge on any atom is -0.358 e. The van der Waals surface area contributed by atoms with Crippen LogP contribution in [0.1, 0.15) is 21.6 Å². The van der Waals surface area contributed by atoms with Gasteiger partial charge in [-0.25, -0.2) is 9.97 Å². The number of hydrogen-bond donors (Lipinski definition) is 2. The monoisotopic (exact) mass is 426 g/mol. The Morgan fingerprint density at radius 2 is 1.87 bits per heavy atom. The second-order valence-electron chi connectivity index (χ2n) is 7.33. The van der Waals surface area contributed by atoms with Crippen LogP contribution in [-0.4, -0.2) is 26.6 Å². The van der Waals surface area contributed by atoms with E-state index in [9.17, 15) is 9.59 Å². The van der Waals surface area contributed by atoms with Gasteiger partial charge in [0.25, 0.3) is 11.7 Å². The molecule has 5 rings (SSSR count). The van der Waals surface area contributed by atoms with Gasteiger partial charge in [0.05, 0.1) is 5.56 Å². The highest BCUT2D eigenvalue weighted by Gasteiger charge is 2.23. The van der Waals surface area contributed by atoms with Crippen molar-refractivity contribution < 1.29 is 9.59 Å². The molecule has 2 aromatic carbocycles. The van der Waals surface area contributed by atoms with E-state index >= 15 is 0 Å². The molecule has 7 heteroatoms. The van der Waals surface area contributed by atoms with E-state index in [1.54, 1.807) is 19.2 Å². The molecule has 0 unspecified atom stereocenters. The van der Waals surface area contributed by atoms with Crippen LogP contribution in [-0.2, 0) is 4.79 Å². The van der Waals surface area contributed by atoms with Gasteiger partial charge in [0, 0.05) is 34.0 Å². The third-order valence-corrected chi connectivity index (χ3v) is 6.24. The zero-order valence-corrected chi connectivity index (χ0v) is 17.7. The van der Waals surface area contributed by atoms with Crippen LogP contribution >= 0.6 is 11.3 Å². The molecule has 0 bridgehead atoms. The number of carbonyl (C=O) groups is 2. The number of pyridine rings is 1. The summed E-state index contributed by atoms with van der Waals surface area (Å²) >= 11 is 1.52. The number of thiazole rings is 1. The van der Waals surface area contributed by atoms with Crippen molar-refractivity contribution >= 4 is 50.0 Å². The maximum atomic E-state index is 12.9. The summed E-state index contributed by atoms with van der Waals surface area (Å²) in [5.41, 5.74) is 5.17. The van der Waals surface area contributed by atoms with Gasteiger partial charge in [-0.3, -0.25) is 9.59 Å². The van der Waals surface area contributed by atoms with E-state index in [0.717, 1.165) is 37.4 Å². The van der Waals surface area contributed by atoms with Gasteiger partial charge in [0.1, 0.15) is 15.4 Å². The molecule has 6 nitrogen and oxygen atoms in total. The molecule has 0 aliphatic rings. The molecule has 2 N–H and O–H groups in total. The number of aromatic amines is 1. The van der Waals surface area contributed by atoms with Gasteiger partial charge < -0.3 is 10.3 Å². The number of anilines is 1. The highest BCUT2D eigenvalue weighted by Crippen LogP contribution is 2.31. The van der Waals surface area contributed by atoms with Crippen LogP contribution < -0.4 is 5.32 Å². The van der Waals surface area contributed by atoms with Gasteiger partial charge in [-0.05, 0) is 55.8 Å². The Bertz CT molecular complexity index is 1450. The highest BCUT2D eigenvalue weighted by atomic mass is 32.1. The quantitative estimate of drug-likeness (QED) is 0.302. The van der Waals surface area contributed by atoms with Crippen LogP contribution in [0.2, 0.25) is 0 Å². The Morgan fingerprint density at radius 3 is 2.68 bits per heavy atom. The van der Waals surface area contributed by atoms with Gasteiger partial charge in [0.15, 0.2) is 0 Å². The molecule has 5 aromatic rings. The zero-order chi connectivity index (χ0) is 21.5. The maximum absolute atomic E-state index is 12.9. The summed E-state index contributed by atoms with van der Waals surface area (Å²) in [7, 11) is 0. The average molecular weight is 427 g/mol. The number of rotatable bonds is 4. The first kappa shape index (κ1) is 19.1. The number of aromatic nitrogens is 3. The fraction of sp³-hybridized carbons (Fsp3) is 0.0833. The fourth-order valence-electron chi connectivity index (χ4n) is 3.69. The fourth-order valence-corrected chi connectivity index (χ4v) is 4.60. The summed E-state index contributed by atoms with van der Waals surface area (Å²) in [6.07, 6.45) is 1.75. The Labute approximate surface area is 182 Å². The summed E-state index contributed by atoms with van der Waals surface area (Å²) in [5.74, 6) is -1.22. The molecular formula is C24H18N4O2S. The number of Topliss-reactive ketones (excluding diaryl/α,β-unsaturated/α-hetero) is 1. The number of nitrogens with one attached hydrogen (secondary N) is 2. The molecule has 31 heavy (non-hydrogen) atoms. The number of fused-ring (bicyclic) bond motifs is 2. The van der Waals surface area contributed by atoms with Crippen LogP contribution in [0.3, 0.4) is 0 Å². The molecule has 0 spiro atoms. The van der Waals surface area contributed by atoms with Crippen LogP contribution in [0.15, 0.2) is 60.8 Å². The van der Waals surface area contributed by atoms with Crippen molar-refractivity contribution in [3.63, 3.8) is 0 Å². The van der Waals surface area contributed by atoms with E-state index in [1.807, 2.05) is 55.5 Å². The van der Waals surface area contributed by atoms with Crippen molar-refractivity contribution in [2.45, 2.75) is 13.8 Å². The van der Waals surface area contributed by atoms with Gasteiger partial charge >= 0.3 is 0 Å². The van der Waals surface area contributed by atoms with Crippen molar-refractivity contribution in [3.05, 3.63) is 77.6 Å². The lowest BCUT2D eigenvalue weighted by atomic mass is 10.1. The van der Waals surface area contributed by atoms with Crippen molar-refractivity contribution in [2.75, 3.05) is 5.32 Å². The van der Waals surface area contributed by atoms with Gasteiger partial charge in [-0.2, -0.15) is 0 Å². The number of para-hydroxylation sites is 1. The Kier molecular flexibility index (Phi) is 4.60. The number of ketones is 1. The molecule has 0 saturated heterocycles. The Balaban J connectivity index is 1.41. The van der Waals surface area contributed by atoms with E-state index in [1.165, 1.54) is 11.3 Å². The van der Waals surface area contributed by atoms with Crippen molar-refractivity contribution in [3.8, 4) is 10.6 Å². The number of nitrogens with zero attached hydrogens (tertiary/aromatic N) is 2. The minimum atomic E-state index is -0.659. The first-order valence-electron chi connectivity index (χ1n) is 9.77. The number of amides is 1. The summed E-state index contributed by atoms with van der Waals surface area (Å²) in [4.78, 5) is 38.6. The van der Waals surface area contributed by atoms with Gasteiger partial charge in [0.2, 0.25) is 0 Å². The second kappa shape index (κ2) is 7.45. The lowest BCUT2D eigenvalue weighted by molar-refractivity contribution is -0.112. The van der Waals surface area contributed by atoms with Crippen molar-refractivity contribution in [2.24, 2.45) is 0 Å². The van der Waals surface area contributed by atoms with E-state index in [2.05, 4.69) is 20.3 Å². The Morgan fingerprint density at radius 1 is 1.03 bits per heavy atom. The summed E-state index contributed by atoms with van der Waals surface area (Å²) in [5, 5.41) is 4.37. The lowest BCUT2D eigenvalue weighted by Crippen LogP contribution is -2.23. The van der Waals surface area contributed by atoms with Crippen LogP contribution in [0, 0.1) is 13.8 Å². The third-order valence-electron chi connectivity index (χ3n) is 5.21. The lowest BCUT2D eigenvalue weighted by Gasteiger charge is -2.09. The van der Waals surface area contributed by atoms with Crippen molar-refractivity contribution in [1.29, 1.82) is 0 Å². The van der Waals surface area contributed by atoms with E-state index in [0.29, 0.717) is 16.9 Å². The number of benzene rings is 2. The molecule has 3 heterocycles. The van der Waals surface area contributed by atoms with E-state index in [4.69, 9.17) is 0 Å². The summed E-state index contributed by atoms with van der Waals surface area (Å²) in [6, 6.07) is 16.9. The number of hydrogen-bond acceptors (Lipinski definition) is 5. The normalized spacial score (nSPS) is 11.2. The Hall–Kier alpha value is -3.84. The van der Waals surface area contributed by atoms with Gasteiger partial charge in [-0.15, -0.1) is 0 Å². The molecule has 1 amide bonds. The third kappa shape index (κ3) is 3.39. The molecule has 0 radical (unpaired) electrons. The molecule has 152 valence electrons. The second-order valence-corrected chi connectivity index (χ2v) is 8.31.